The van der Waals surface area contributed by atoms with Gasteiger partial charge in [0.25, 0.3) is 0 Å². The molecule has 0 aromatic heterocycles. The number of alkyl halides is 3. The van der Waals surface area contributed by atoms with Crippen molar-refractivity contribution in [1.82, 2.24) is 0 Å². The Kier molecular flexibility index (Phi) is 12.0. The molecule has 0 amide bonds. The van der Waals surface area contributed by atoms with Gasteiger partial charge in [0, 0.05) is 25.7 Å². The lowest BCUT2D eigenvalue weighted by atomic mass is 10.1. The summed E-state index contributed by atoms with van der Waals surface area (Å²) in [7, 11) is 1.62. The van der Waals surface area contributed by atoms with Crippen LogP contribution >= 0.6 is 11.8 Å². The Bertz CT molecular complexity index is 857. The fourth-order valence-electron chi connectivity index (χ4n) is 2.29. The summed E-state index contributed by atoms with van der Waals surface area (Å²) < 4.78 is 39.3. The average molecular weight is 466 g/mol. The molecule has 3 nitrogen and oxygen atoms in total. The van der Waals surface area contributed by atoms with Crippen LogP contribution in [-0.4, -0.2) is 29.5 Å². The fourth-order valence-corrected chi connectivity index (χ4v) is 3.05. The van der Waals surface area contributed by atoms with E-state index in [1.165, 1.54) is 22.9 Å². The van der Waals surface area contributed by atoms with Crippen molar-refractivity contribution in [2.24, 2.45) is 0 Å². The van der Waals surface area contributed by atoms with Crippen molar-refractivity contribution in [3.8, 4) is 16.9 Å². The minimum absolute atomic E-state index is 0.0438. The largest absolute Gasteiger partial charge is 0.555 e. The van der Waals surface area contributed by atoms with Crippen molar-refractivity contribution in [3.63, 3.8) is 0 Å². The predicted octanol–water partition coefficient (Wildman–Crippen LogP) is 7.59. The van der Waals surface area contributed by atoms with Gasteiger partial charge in [0.05, 0.1) is 18.9 Å². The molecule has 0 fully saturated rings. The molecule has 0 aliphatic carbocycles. The van der Waals surface area contributed by atoms with Crippen LogP contribution in [0.5, 0.6) is 5.75 Å². The lowest BCUT2D eigenvalue weighted by Crippen LogP contribution is -2.22. The van der Waals surface area contributed by atoms with Gasteiger partial charge in [-0.15, -0.1) is 0 Å². The highest BCUT2D eigenvalue weighted by atomic mass is 32.2. The molecule has 0 unspecified atom stereocenters. The third kappa shape index (κ3) is 12.7. The molecule has 1 N–H and O–H groups in total. The van der Waals surface area contributed by atoms with Crippen molar-refractivity contribution in [2.75, 3.05) is 7.11 Å². The van der Waals surface area contributed by atoms with Crippen molar-refractivity contribution in [3.05, 3.63) is 84.9 Å². The van der Waals surface area contributed by atoms with Crippen molar-refractivity contribution >= 4 is 17.1 Å². The van der Waals surface area contributed by atoms with Gasteiger partial charge in [-0.05, 0) is 35.4 Å². The second-order valence-corrected chi connectivity index (χ2v) is 8.26. The minimum atomic E-state index is -3.67. The molecule has 7 heteroatoms. The monoisotopic (exact) mass is 465 g/mol. The number of rotatable bonds is 3. The molecule has 3 aromatic carbocycles. The molecule has 0 bridgehead atoms. The van der Waals surface area contributed by atoms with Crippen LogP contribution in [0.2, 0.25) is 0 Å². The maximum Gasteiger partial charge on any atom is 0.555 e. The number of thioether (sulfide) groups is 1. The molecule has 32 heavy (non-hydrogen) atoms. The first kappa shape index (κ1) is 27.1. The molecule has 0 atom stereocenters. The fraction of sp³-hybridized carbons (Fsp3) is 0.240. The standard InChI is InChI=1S/C12H16O3S.C12H10.CHF3/c1-12(2,3)15-11(13)16-10-7-5-9(14-4)6-8-10;1-3-7-11(8-4-1)12-9-5-2-6-10-12;2-1(3)4/h5-8H,1-4H3;1-10H;1H/p+1. The van der Waals surface area contributed by atoms with Crippen LogP contribution in [0.25, 0.3) is 11.1 Å². The Balaban J connectivity index is 0.000000281. The normalized spacial score (nSPS) is 10.2. The smallest absolute Gasteiger partial charge is 0.497 e. The lowest BCUT2D eigenvalue weighted by Gasteiger charge is -2.09. The first-order valence-electron chi connectivity index (χ1n) is 9.70. The van der Waals surface area contributed by atoms with Crippen molar-refractivity contribution < 1.29 is 27.4 Å². The second kappa shape index (κ2) is 14.2. The van der Waals surface area contributed by atoms with Gasteiger partial charge < -0.3 is 14.3 Å². The highest BCUT2D eigenvalue weighted by Crippen LogP contribution is 2.24. The van der Waals surface area contributed by atoms with E-state index in [0.29, 0.717) is 0 Å². The number of benzene rings is 3. The van der Waals surface area contributed by atoms with Gasteiger partial charge in [0.2, 0.25) is 0 Å². The van der Waals surface area contributed by atoms with Crippen molar-refractivity contribution in [2.45, 2.75) is 37.9 Å². The van der Waals surface area contributed by atoms with Crippen LogP contribution in [0.1, 0.15) is 20.8 Å². The SMILES string of the molecule is COc1ccc(SC(=[OH+])OC(C)(C)C)cc1.FC(F)F.c1ccc(-c2ccccc2)cc1. The number of hydrogen-bond acceptors (Lipinski definition) is 3. The Morgan fingerprint density at radius 1 is 0.781 bits per heavy atom. The Morgan fingerprint density at radius 3 is 1.53 bits per heavy atom. The van der Waals surface area contributed by atoms with Crippen LogP contribution in [0.4, 0.5) is 13.2 Å². The molecule has 0 spiro atoms. The average Bonchev–Trinajstić information content (AvgIpc) is 2.74. The Labute approximate surface area is 191 Å². The quantitative estimate of drug-likeness (QED) is 0.227. The summed E-state index contributed by atoms with van der Waals surface area (Å²) >= 11 is 1.18. The molecule has 0 aliphatic rings. The number of carbonyl (C=O) groups excluding carboxylic acids is 1. The first-order chi connectivity index (χ1) is 15.1. The van der Waals surface area contributed by atoms with Crippen LogP contribution in [0.15, 0.2) is 89.8 Å². The molecule has 0 saturated heterocycles. The summed E-state index contributed by atoms with van der Waals surface area (Å²) in [4.78, 5) is 10.5. The van der Waals surface area contributed by atoms with Gasteiger partial charge in [-0.3, -0.25) is 0 Å². The zero-order valence-electron chi connectivity index (χ0n) is 18.5. The maximum absolute atomic E-state index is 9.67. The third-order valence-corrected chi connectivity index (χ3v) is 4.30. The van der Waals surface area contributed by atoms with E-state index in [4.69, 9.17) is 9.47 Å². The van der Waals surface area contributed by atoms with Gasteiger partial charge in [-0.2, -0.15) is 13.2 Å². The number of hydrogen-bond donors (Lipinski definition) is 0. The topological polar surface area (TPSA) is 39.9 Å². The highest BCUT2D eigenvalue weighted by Gasteiger charge is 2.26. The zero-order chi connectivity index (χ0) is 24.0. The minimum Gasteiger partial charge on any atom is -0.497 e. The maximum atomic E-state index is 9.67. The van der Waals surface area contributed by atoms with E-state index in [0.717, 1.165) is 10.6 Å². The lowest BCUT2D eigenvalue weighted by molar-refractivity contribution is 0.00818. The summed E-state index contributed by atoms with van der Waals surface area (Å²) in [5.41, 5.74) is 2.17. The number of halogens is 3. The molecule has 172 valence electrons. The van der Waals surface area contributed by atoms with E-state index in [1.807, 2.05) is 57.2 Å². The van der Waals surface area contributed by atoms with Crippen LogP contribution in [0.3, 0.4) is 0 Å². The first-order valence-corrected chi connectivity index (χ1v) is 10.5. The van der Waals surface area contributed by atoms with Gasteiger partial charge in [-0.1, -0.05) is 60.7 Å². The Morgan fingerprint density at radius 2 is 1.19 bits per heavy atom. The molecular weight excluding hydrogens is 437 g/mol. The molecule has 0 heterocycles. The molecular formula is C25H28F3O3S+. The van der Waals surface area contributed by atoms with Crippen LogP contribution in [0, 0.1) is 0 Å². The van der Waals surface area contributed by atoms with E-state index in [-0.39, 0.29) is 10.9 Å². The zero-order valence-corrected chi connectivity index (χ0v) is 19.3. The summed E-state index contributed by atoms with van der Waals surface area (Å²) in [6, 6.07) is 28.2. The molecule has 3 rings (SSSR count). The van der Waals surface area contributed by atoms with Crippen LogP contribution in [-0.2, 0) is 4.74 Å². The third-order valence-electron chi connectivity index (χ3n) is 3.54. The van der Waals surface area contributed by atoms with Gasteiger partial charge in [0.15, 0.2) is 5.60 Å². The number of methoxy groups -OCH3 is 1. The van der Waals surface area contributed by atoms with E-state index in [2.05, 4.69) is 48.5 Å². The van der Waals surface area contributed by atoms with Gasteiger partial charge >= 0.3 is 12.0 Å². The second-order valence-electron chi connectivity index (χ2n) is 7.24. The van der Waals surface area contributed by atoms with E-state index < -0.39 is 6.68 Å². The molecule has 3 aromatic rings. The van der Waals surface area contributed by atoms with Crippen molar-refractivity contribution in [1.29, 1.82) is 0 Å². The molecule has 0 radical (unpaired) electrons. The van der Waals surface area contributed by atoms with Gasteiger partial charge in [0.1, 0.15) is 5.75 Å². The summed E-state index contributed by atoms with van der Waals surface area (Å²) in [6.07, 6.45) is 0. The molecule has 0 saturated carbocycles. The van der Waals surface area contributed by atoms with E-state index >= 15 is 0 Å². The van der Waals surface area contributed by atoms with E-state index in [1.54, 1.807) is 7.11 Å². The predicted molar refractivity (Wildman–Crippen MR) is 126 cm³/mol. The molecule has 0 aliphatic heterocycles. The number of ether oxygens (including phenoxy) is 2. The van der Waals surface area contributed by atoms with Crippen LogP contribution < -0.4 is 4.74 Å². The highest BCUT2D eigenvalue weighted by molar-refractivity contribution is 8.13. The summed E-state index contributed by atoms with van der Waals surface area (Å²) in [6.45, 7) is 1.99. The van der Waals surface area contributed by atoms with E-state index in [9.17, 15) is 18.0 Å². The Hall–Kier alpha value is -2.93. The summed E-state index contributed by atoms with van der Waals surface area (Å²) in [5, 5.41) is -0.0438. The van der Waals surface area contributed by atoms with Gasteiger partial charge in [-0.25, -0.2) is 0 Å². The summed E-state index contributed by atoms with van der Waals surface area (Å²) in [5.74, 6) is 0.792.